The Morgan fingerprint density at radius 1 is 1.09 bits per heavy atom. The van der Waals surface area contributed by atoms with Crippen LogP contribution in [-0.4, -0.2) is 5.11 Å². The van der Waals surface area contributed by atoms with Gasteiger partial charge in [-0.05, 0) is 48.2 Å². The molecule has 0 radical (unpaired) electrons. The summed E-state index contributed by atoms with van der Waals surface area (Å²) in [5.41, 5.74) is 1.85. The van der Waals surface area contributed by atoms with Crippen LogP contribution >= 0.6 is 0 Å². The second-order valence-electron chi connectivity index (χ2n) is 5.71. The highest BCUT2D eigenvalue weighted by atomic mass is 19.1. The molecule has 1 unspecified atom stereocenters. The number of hydrogen-bond acceptors (Lipinski definition) is 2. The highest BCUT2D eigenvalue weighted by Crippen LogP contribution is 2.29. The average Bonchev–Trinajstić information content (AvgIpc) is 2.93. The van der Waals surface area contributed by atoms with Gasteiger partial charge in [-0.25, -0.2) is 4.39 Å². The number of phenolic OH excluding ortho intramolecular Hbond substituents is 1. The van der Waals surface area contributed by atoms with Crippen molar-refractivity contribution in [3.05, 3.63) is 65.7 Å². The lowest BCUT2D eigenvalue weighted by molar-refractivity contribution is 0.441. The maximum absolute atomic E-state index is 13.0. The molecule has 3 heteroatoms. The molecule has 2 nitrogen and oxygen atoms in total. The van der Waals surface area contributed by atoms with E-state index in [0.29, 0.717) is 11.5 Å². The van der Waals surface area contributed by atoms with E-state index in [4.69, 9.17) is 4.42 Å². The van der Waals surface area contributed by atoms with Gasteiger partial charge in [0, 0.05) is 6.42 Å². The van der Waals surface area contributed by atoms with Crippen molar-refractivity contribution in [1.29, 1.82) is 0 Å². The summed E-state index contributed by atoms with van der Waals surface area (Å²) >= 11 is 0. The molecule has 2 aromatic carbocycles. The smallest absolute Gasteiger partial charge is 0.137 e. The fourth-order valence-corrected chi connectivity index (χ4v) is 2.80. The quantitative estimate of drug-likeness (QED) is 0.712. The minimum atomic E-state index is -0.204. The fraction of sp³-hybridized carbons (Fsp3) is 0.263. The lowest BCUT2D eigenvalue weighted by Crippen LogP contribution is -2.06. The molecule has 1 heterocycles. The molecule has 1 aromatic heterocycles. The molecule has 1 N–H and O–H groups in total. The van der Waals surface area contributed by atoms with Gasteiger partial charge in [-0.2, -0.15) is 0 Å². The third-order valence-electron chi connectivity index (χ3n) is 4.09. The number of hydrogen-bond donors (Lipinski definition) is 1. The summed E-state index contributed by atoms with van der Waals surface area (Å²) in [7, 11) is 0. The van der Waals surface area contributed by atoms with Gasteiger partial charge < -0.3 is 9.52 Å². The Kier molecular flexibility index (Phi) is 4.14. The Balaban J connectivity index is 1.76. The second kappa shape index (κ2) is 6.22. The summed E-state index contributed by atoms with van der Waals surface area (Å²) in [5, 5.41) is 10.6. The normalized spacial score (nSPS) is 12.6. The van der Waals surface area contributed by atoms with Gasteiger partial charge in [0.1, 0.15) is 22.9 Å². The fourth-order valence-electron chi connectivity index (χ4n) is 2.80. The van der Waals surface area contributed by atoms with Crippen molar-refractivity contribution in [2.75, 3.05) is 0 Å². The van der Waals surface area contributed by atoms with Crippen molar-refractivity contribution >= 4 is 11.0 Å². The van der Waals surface area contributed by atoms with Crippen molar-refractivity contribution in [3.8, 4) is 5.75 Å². The number of rotatable bonds is 5. The van der Waals surface area contributed by atoms with Crippen LogP contribution in [0.3, 0.4) is 0 Å². The Morgan fingerprint density at radius 3 is 2.55 bits per heavy atom. The number of furan rings is 1. The molecule has 3 rings (SSSR count). The molecule has 0 spiro atoms. The van der Waals surface area contributed by atoms with Crippen molar-refractivity contribution < 1.29 is 13.9 Å². The summed E-state index contributed by atoms with van der Waals surface area (Å²) in [6, 6.07) is 13.9. The van der Waals surface area contributed by atoms with E-state index in [1.807, 2.05) is 24.3 Å². The molecule has 0 fully saturated rings. The van der Waals surface area contributed by atoms with E-state index in [1.54, 1.807) is 12.1 Å². The zero-order valence-corrected chi connectivity index (χ0v) is 12.6. The third kappa shape index (κ3) is 3.14. The summed E-state index contributed by atoms with van der Waals surface area (Å²) in [6.45, 7) is 2.15. The monoisotopic (exact) mass is 298 g/mol. The van der Waals surface area contributed by atoms with E-state index in [2.05, 4.69) is 6.92 Å². The first-order chi connectivity index (χ1) is 10.7. The van der Waals surface area contributed by atoms with Crippen LogP contribution in [0.5, 0.6) is 5.75 Å². The SMILES string of the molecule is CCC(Cc1ccc(F)cc1)Cc1cc2c(O)cccc2o1. The minimum absolute atomic E-state index is 0.204. The minimum Gasteiger partial charge on any atom is -0.507 e. The maximum Gasteiger partial charge on any atom is 0.137 e. The van der Waals surface area contributed by atoms with Crippen LogP contribution in [0.4, 0.5) is 4.39 Å². The van der Waals surface area contributed by atoms with E-state index >= 15 is 0 Å². The topological polar surface area (TPSA) is 33.4 Å². The molecule has 0 aliphatic rings. The summed E-state index contributed by atoms with van der Waals surface area (Å²) < 4.78 is 18.8. The molecule has 0 aliphatic carbocycles. The van der Waals surface area contributed by atoms with Crippen LogP contribution in [-0.2, 0) is 12.8 Å². The Labute approximate surface area is 129 Å². The van der Waals surface area contributed by atoms with Crippen molar-refractivity contribution in [2.45, 2.75) is 26.2 Å². The standard InChI is InChI=1S/C19H19FO2/c1-2-13(10-14-6-8-15(20)9-7-14)11-16-12-17-18(21)4-3-5-19(17)22-16/h3-9,12-13,21H,2,10-11H2,1H3. The van der Waals surface area contributed by atoms with E-state index in [-0.39, 0.29) is 11.6 Å². The number of aromatic hydroxyl groups is 1. The molecule has 0 saturated heterocycles. The Morgan fingerprint density at radius 2 is 1.86 bits per heavy atom. The molecular formula is C19H19FO2. The van der Waals surface area contributed by atoms with E-state index in [9.17, 15) is 9.50 Å². The van der Waals surface area contributed by atoms with Crippen LogP contribution < -0.4 is 0 Å². The molecule has 0 bridgehead atoms. The summed E-state index contributed by atoms with van der Waals surface area (Å²) in [6.07, 6.45) is 2.71. The van der Waals surface area contributed by atoms with Gasteiger partial charge in [0.05, 0.1) is 5.39 Å². The molecule has 0 saturated carbocycles. The van der Waals surface area contributed by atoms with Crippen LogP contribution in [0.25, 0.3) is 11.0 Å². The van der Waals surface area contributed by atoms with E-state index in [1.165, 1.54) is 12.1 Å². The first-order valence-electron chi connectivity index (χ1n) is 7.60. The highest BCUT2D eigenvalue weighted by Gasteiger charge is 2.13. The molecule has 22 heavy (non-hydrogen) atoms. The summed E-state index contributed by atoms with van der Waals surface area (Å²) in [4.78, 5) is 0. The Bertz CT molecular complexity index is 759. The van der Waals surface area contributed by atoms with E-state index < -0.39 is 0 Å². The molecule has 114 valence electrons. The van der Waals surface area contributed by atoms with Crippen molar-refractivity contribution in [3.63, 3.8) is 0 Å². The van der Waals surface area contributed by atoms with Gasteiger partial charge in [0.25, 0.3) is 0 Å². The van der Waals surface area contributed by atoms with Gasteiger partial charge in [0.15, 0.2) is 0 Å². The number of benzene rings is 2. The van der Waals surface area contributed by atoms with E-state index in [0.717, 1.165) is 36.0 Å². The largest absolute Gasteiger partial charge is 0.507 e. The van der Waals surface area contributed by atoms with Crippen LogP contribution in [0.2, 0.25) is 0 Å². The average molecular weight is 298 g/mol. The van der Waals surface area contributed by atoms with Gasteiger partial charge >= 0.3 is 0 Å². The summed E-state index contributed by atoms with van der Waals surface area (Å²) in [5.74, 6) is 1.35. The molecular weight excluding hydrogens is 279 g/mol. The first kappa shape index (κ1) is 14.6. The predicted molar refractivity (Wildman–Crippen MR) is 85.5 cm³/mol. The predicted octanol–water partition coefficient (Wildman–Crippen LogP) is 5.09. The number of halogens is 1. The molecule has 0 aliphatic heterocycles. The maximum atomic E-state index is 13.0. The van der Waals surface area contributed by atoms with Gasteiger partial charge in [-0.3, -0.25) is 0 Å². The third-order valence-corrected chi connectivity index (χ3v) is 4.09. The van der Waals surface area contributed by atoms with Gasteiger partial charge in [0.2, 0.25) is 0 Å². The Hall–Kier alpha value is -2.29. The lowest BCUT2D eigenvalue weighted by Gasteiger charge is -2.13. The van der Waals surface area contributed by atoms with Crippen LogP contribution in [0.15, 0.2) is 52.9 Å². The second-order valence-corrected chi connectivity index (χ2v) is 5.71. The first-order valence-corrected chi connectivity index (χ1v) is 7.60. The van der Waals surface area contributed by atoms with Crippen LogP contribution in [0.1, 0.15) is 24.7 Å². The number of phenols is 1. The molecule has 1 atom stereocenters. The van der Waals surface area contributed by atoms with Crippen LogP contribution in [0, 0.1) is 11.7 Å². The zero-order chi connectivity index (χ0) is 15.5. The van der Waals surface area contributed by atoms with Crippen molar-refractivity contribution in [2.24, 2.45) is 5.92 Å². The number of fused-ring (bicyclic) bond motifs is 1. The highest BCUT2D eigenvalue weighted by molar-refractivity contribution is 5.84. The van der Waals surface area contributed by atoms with Gasteiger partial charge in [-0.1, -0.05) is 31.5 Å². The molecule has 3 aromatic rings. The molecule has 0 amide bonds. The lowest BCUT2D eigenvalue weighted by atomic mass is 9.93. The van der Waals surface area contributed by atoms with Crippen molar-refractivity contribution in [1.82, 2.24) is 0 Å². The zero-order valence-electron chi connectivity index (χ0n) is 12.6. The van der Waals surface area contributed by atoms with Gasteiger partial charge in [-0.15, -0.1) is 0 Å².